The van der Waals surface area contributed by atoms with E-state index in [1.165, 1.54) is 0 Å². The van der Waals surface area contributed by atoms with Crippen molar-refractivity contribution in [1.29, 1.82) is 0 Å². The molecule has 18 heavy (non-hydrogen) atoms. The second-order valence-electron chi connectivity index (χ2n) is 3.53. The van der Waals surface area contributed by atoms with Crippen molar-refractivity contribution >= 4 is 33.3 Å². The Labute approximate surface area is 111 Å². The van der Waals surface area contributed by atoms with Gasteiger partial charge in [-0.15, -0.1) is 0 Å². The van der Waals surface area contributed by atoms with Gasteiger partial charge in [-0.05, 0) is 34.1 Å². The maximum atomic E-state index is 13.6. The molecule has 0 amide bonds. The Kier molecular flexibility index (Phi) is 3.76. The van der Waals surface area contributed by atoms with Gasteiger partial charge < -0.3 is 10.6 Å². The molecular formula is C12H10BrF2N3. The number of benzene rings is 1. The Morgan fingerprint density at radius 1 is 1.11 bits per heavy atom. The Bertz CT molecular complexity index is 575. The van der Waals surface area contributed by atoms with E-state index in [-0.39, 0.29) is 10.2 Å². The second kappa shape index (κ2) is 5.30. The monoisotopic (exact) mass is 313 g/mol. The number of hydrogen-bond acceptors (Lipinski definition) is 3. The van der Waals surface area contributed by atoms with Crippen molar-refractivity contribution in [3.05, 3.63) is 46.4 Å². The molecule has 0 aliphatic heterocycles. The first-order chi connectivity index (χ1) is 8.60. The molecule has 0 atom stereocenters. The summed E-state index contributed by atoms with van der Waals surface area (Å²) >= 11 is 2.92. The van der Waals surface area contributed by atoms with E-state index in [1.807, 2.05) is 0 Å². The van der Waals surface area contributed by atoms with Crippen molar-refractivity contribution in [3.8, 4) is 0 Å². The Balaban J connectivity index is 2.30. The molecule has 1 aromatic carbocycles. The summed E-state index contributed by atoms with van der Waals surface area (Å²) in [5, 5.41) is 5.59. The van der Waals surface area contributed by atoms with Crippen LogP contribution in [-0.2, 0) is 0 Å². The standard InChI is InChI=1S/C12H10BrF2N3/c1-16-11-3-2-4-12(18-11)17-10-6-8(14)7(13)5-9(10)15/h2-6H,1H3,(H2,16,17,18). The number of rotatable bonds is 3. The highest BCUT2D eigenvalue weighted by atomic mass is 79.9. The van der Waals surface area contributed by atoms with E-state index in [2.05, 4.69) is 31.5 Å². The molecule has 0 saturated heterocycles. The van der Waals surface area contributed by atoms with Crippen LogP contribution in [-0.4, -0.2) is 12.0 Å². The van der Waals surface area contributed by atoms with Gasteiger partial charge >= 0.3 is 0 Å². The van der Waals surface area contributed by atoms with Crippen LogP contribution >= 0.6 is 15.9 Å². The minimum absolute atomic E-state index is 0.0384. The van der Waals surface area contributed by atoms with Gasteiger partial charge in [0.1, 0.15) is 23.3 Å². The zero-order chi connectivity index (χ0) is 13.1. The summed E-state index contributed by atoms with van der Waals surface area (Å²) in [7, 11) is 1.73. The fourth-order valence-electron chi connectivity index (χ4n) is 1.40. The second-order valence-corrected chi connectivity index (χ2v) is 4.38. The van der Waals surface area contributed by atoms with Crippen LogP contribution < -0.4 is 10.6 Å². The maximum Gasteiger partial charge on any atom is 0.148 e. The summed E-state index contributed by atoms with van der Waals surface area (Å²) in [6.07, 6.45) is 0. The third-order valence-electron chi connectivity index (χ3n) is 2.28. The summed E-state index contributed by atoms with van der Waals surface area (Å²) in [5.41, 5.74) is 0.0384. The number of nitrogens with zero attached hydrogens (tertiary/aromatic N) is 1. The Morgan fingerprint density at radius 2 is 1.83 bits per heavy atom. The van der Waals surface area contributed by atoms with Crippen LogP contribution in [0.4, 0.5) is 26.1 Å². The molecule has 1 aromatic heterocycles. The first-order valence-electron chi connectivity index (χ1n) is 5.16. The van der Waals surface area contributed by atoms with Gasteiger partial charge in [0.05, 0.1) is 10.2 Å². The molecule has 94 valence electrons. The summed E-state index contributed by atoms with van der Waals surface area (Å²) in [6, 6.07) is 7.34. The molecule has 0 saturated carbocycles. The SMILES string of the molecule is CNc1cccc(Nc2cc(F)c(Br)cc2F)n1. The zero-order valence-electron chi connectivity index (χ0n) is 9.47. The molecule has 0 aliphatic carbocycles. The molecule has 2 rings (SSSR count). The molecule has 2 N–H and O–H groups in total. The van der Waals surface area contributed by atoms with Gasteiger partial charge in [-0.1, -0.05) is 6.07 Å². The number of nitrogens with one attached hydrogen (secondary N) is 2. The highest BCUT2D eigenvalue weighted by Gasteiger charge is 2.09. The molecule has 3 nitrogen and oxygen atoms in total. The van der Waals surface area contributed by atoms with E-state index in [4.69, 9.17) is 0 Å². The largest absolute Gasteiger partial charge is 0.373 e. The fraction of sp³-hybridized carbons (Fsp3) is 0.0833. The van der Waals surface area contributed by atoms with Crippen molar-refractivity contribution < 1.29 is 8.78 Å². The van der Waals surface area contributed by atoms with Crippen LogP contribution in [0.1, 0.15) is 0 Å². The van der Waals surface area contributed by atoms with Crippen LogP contribution in [0.2, 0.25) is 0 Å². The molecule has 6 heteroatoms. The minimum Gasteiger partial charge on any atom is -0.373 e. The average Bonchev–Trinajstić information content (AvgIpc) is 2.36. The first-order valence-corrected chi connectivity index (χ1v) is 5.96. The number of anilines is 3. The lowest BCUT2D eigenvalue weighted by atomic mass is 10.3. The summed E-state index contributed by atoms with van der Waals surface area (Å²) in [5.74, 6) is -0.0240. The Morgan fingerprint density at radius 3 is 2.56 bits per heavy atom. The minimum atomic E-state index is -0.556. The third-order valence-corrected chi connectivity index (χ3v) is 2.89. The summed E-state index contributed by atoms with van der Waals surface area (Å²) < 4.78 is 27.0. The summed E-state index contributed by atoms with van der Waals surface area (Å²) in [6.45, 7) is 0. The van der Waals surface area contributed by atoms with Crippen LogP contribution in [0.3, 0.4) is 0 Å². The van der Waals surface area contributed by atoms with Gasteiger partial charge in [0, 0.05) is 13.1 Å². The number of aromatic nitrogens is 1. The lowest BCUT2D eigenvalue weighted by molar-refractivity contribution is 0.598. The van der Waals surface area contributed by atoms with E-state index in [9.17, 15) is 8.78 Å². The number of pyridine rings is 1. The number of hydrogen-bond donors (Lipinski definition) is 2. The molecule has 0 bridgehead atoms. The Hall–Kier alpha value is -1.69. The van der Waals surface area contributed by atoms with Crippen molar-refractivity contribution in [2.75, 3.05) is 17.7 Å². The molecule has 2 aromatic rings. The van der Waals surface area contributed by atoms with Crippen molar-refractivity contribution in [1.82, 2.24) is 4.98 Å². The van der Waals surface area contributed by atoms with Crippen molar-refractivity contribution in [3.63, 3.8) is 0 Å². The van der Waals surface area contributed by atoms with Gasteiger partial charge in [0.15, 0.2) is 0 Å². The van der Waals surface area contributed by atoms with Gasteiger partial charge in [-0.25, -0.2) is 13.8 Å². The van der Waals surface area contributed by atoms with Gasteiger partial charge in [-0.2, -0.15) is 0 Å². The van der Waals surface area contributed by atoms with Gasteiger partial charge in [0.2, 0.25) is 0 Å². The molecule has 0 unspecified atom stereocenters. The van der Waals surface area contributed by atoms with Crippen LogP contribution in [0.25, 0.3) is 0 Å². The molecule has 0 fully saturated rings. The average molecular weight is 314 g/mol. The first kappa shape index (κ1) is 12.8. The molecular weight excluding hydrogens is 304 g/mol. The zero-order valence-corrected chi connectivity index (χ0v) is 11.1. The lowest BCUT2D eigenvalue weighted by Crippen LogP contribution is -1.99. The van der Waals surface area contributed by atoms with E-state index in [0.29, 0.717) is 11.6 Å². The van der Waals surface area contributed by atoms with Crippen molar-refractivity contribution in [2.24, 2.45) is 0 Å². The highest BCUT2D eigenvalue weighted by Crippen LogP contribution is 2.25. The summed E-state index contributed by atoms with van der Waals surface area (Å²) in [4.78, 5) is 4.16. The van der Waals surface area contributed by atoms with E-state index in [1.54, 1.807) is 25.2 Å². The van der Waals surface area contributed by atoms with Crippen LogP contribution in [0, 0.1) is 11.6 Å². The normalized spacial score (nSPS) is 10.2. The molecule has 0 aliphatic rings. The number of halogens is 3. The van der Waals surface area contributed by atoms with Crippen molar-refractivity contribution in [2.45, 2.75) is 0 Å². The topological polar surface area (TPSA) is 37.0 Å². The maximum absolute atomic E-state index is 13.6. The molecule has 0 radical (unpaired) electrons. The van der Waals surface area contributed by atoms with E-state index < -0.39 is 11.6 Å². The van der Waals surface area contributed by atoms with Gasteiger partial charge in [-0.3, -0.25) is 0 Å². The third kappa shape index (κ3) is 2.76. The van der Waals surface area contributed by atoms with E-state index in [0.717, 1.165) is 12.1 Å². The molecule has 0 spiro atoms. The smallest absolute Gasteiger partial charge is 0.148 e. The predicted octanol–water partition coefficient (Wildman–Crippen LogP) is 3.91. The van der Waals surface area contributed by atoms with Gasteiger partial charge in [0.25, 0.3) is 0 Å². The lowest BCUT2D eigenvalue weighted by Gasteiger charge is -2.09. The predicted molar refractivity (Wildman–Crippen MR) is 71.1 cm³/mol. The van der Waals surface area contributed by atoms with Crippen LogP contribution in [0.5, 0.6) is 0 Å². The van der Waals surface area contributed by atoms with Crippen LogP contribution in [0.15, 0.2) is 34.8 Å². The fourth-order valence-corrected chi connectivity index (χ4v) is 1.72. The van der Waals surface area contributed by atoms with E-state index >= 15 is 0 Å². The quantitative estimate of drug-likeness (QED) is 0.844. The highest BCUT2D eigenvalue weighted by molar-refractivity contribution is 9.10. The molecule has 1 heterocycles.